The summed E-state index contributed by atoms with van der Waals surface area (Å²) in [4.78, 5) is 15.4. The molecule has 1 aromatic carbocycles. The highest BCUT2D eigenvalue weighted by molar-refractivity contribution is 5.73. The molecule has 5 nitrogen and oxygen atoms in total. The van der Waals surface area contributed by atoms with Gasteiger partial charge in [0.25, 0.3) is 0 Å². The second-order valence-electron chi connectivity index (χ2n) is 4.57. The van der Waals surface area contributed by atoms with Crippen molar-refractivity contribution in [2.75, 3.05) is 0 Å². The number of carboxylic acid groups (broad SMARTS) is 1. The molecule has 1 unspecified atom stereocenters. The fourth-order valence-corrected chi connectivity index (χ4v) is 1.93. The van der Waals surface area contributed by atoms with Crippen LogP contribution < -0.4 is 5.32 Å². The number of nitrogens with one attached hydrogen (secondary N) is 1. The van der Waals surface area contributed by atoms with Gasteiger partial charge in [0.05, 0.1) is 5.69 Å². The first-order valence-corrected chi connectivity index (χ1v) is 6.66. The van der Waals surface area contributed by atoms with Crippen LogP contribution in [0.15, 0.2) is 41.0 Å². The Labute approximate surface area is 117 Å². The van der Waals surface area contributed by atoms with E-state index >= 15 is 0 Å². The molecule has 106 valence electrons. The number of benzene rings is 1. The fourth-order valence-electron chi connectivity index (χ4n) is 1.93. The third-order valence-electron chi connectivity index (χ3n) is 2.98. The van der Waals surface area contributed by atoms with Crippen LogP contribution in [-0.2, 0) is 11.3 Å². The summed E-state index contributed by atoms with van der Waals surface area (Å²) in [6, 6.07) is 9.05. The van der Waals surface area contributed by atoms with Gasteiger partial charge in [-0.3, -0.25) is 10.1 Å². The molecule has 0 saturated heterocycles. The second-order valence-corrected chi connectivity index (χ2v) is 4.57. The molecule has 0 amide bonds. The van der Waals surface area contributed by atoms with Crippen molar-refractivity contribution in [1.82, 2.24) is 10.3 Å². The van der Waals surface area contributed by atoms with Crippen LogP contribution in [0.25, 0.3) is 11.5 Å². The molecule has 0 fully saturated rings. The summed E-state index contributed by atoms with van der Waals surface area (Å²) in [7, 11) is 0. The molecule has 0 saturated carbocycles. The molecule has 20 heavy (non-hydrogen) atoms. The van der Waals surface area contributed by atoms with Crippen LogP contribution in [0, 0.1) is 0 Å². The van der Waals surface area contributed by atoms with Crippen molar-refractivity contribution < 1.29 is 14.3 Å². The first kappa shape index (κ1) is 14.3. The Hall–Kier alpha value is -2.14. The highest BCUT2D eigenvalue weighted by Gasteiger charge is 2.16. The van der Waals surface area contributed by atoms with Gasteiger partial charge in [-0.05, 0) is 18.6 Å². The highest BCUT2D eigenvalue weighted by Crippen LogP contribution is 2.17. The quantitative estimate of drug-likeness (QED) is 0.812. The molecule has 0 radical (unpaired) electrons. The molecule has 1 atom stereocenters. The minimum absolute atomic E-state index is 0.382. The van der Waals surface area contributed by atoms with Crippen LogP contribution in [0.3, 0.4) is 0 Å². The summed E-state index contributed by atoms with van der Waals surface area (Å²) in [5.41, 5.74) is 1.60. The van der Waals surface area contributed by atoms with Crippen LogP contribution in [-0.4, -0.2) is 22.1 Å². The molecular weight excluding hydrogens is 256 g/mol. The summed E-state index contributed by atoms with van der Waals surface area (Å²) >= 11 is 0. The third kappa shape index (κ3) is 3.68. The summed E-state index contributed by atoms with van der Waals surface area (Å²) in [6.07, 6.45) is 2.97. The molecule has 0 aliphatic rings. The first-order valence-electron chi connectivity index (χ1n) is 6.66. The second kappa shape index (κ2) is 6.86. The van der Waals surface area contributed by atoms with Gasteiger partial charge >= 0.3 is 5.97 Å². The Morgan fingerprint density at radius 1 is 1.40 bits per heavy atom. The van der Waals surface area contributed by atoms with E-state index in [0.29, 0.717) is 24.6 Å². The molecule has 1 aromatic heterocycles. The van der Waals surface area contributed by atoms with Crippen molar-refractivity contribution in [1.29, 1.82) is 0 Å². The fraction of sp³-hybridized carbons (Fsp3) is 0.333. The number of carboxylic acids is 1. The van der Waals surface area contributed by atoms with Gasteiger partial charge < -0.3 is 9.52 Å². The Kier molecular flexibility index (Phi) is 4.90. The lowest BCUT2D eigenvalue weighted by Gasteiger charge is -2.11. The van der Waals surface area contributed by atoms with Gasteiger partial charge in [0.2, 0.25) is 5.89 Å². The zero-order valence-corrected chi connectivity index (χ0v) is 11.4. The van der Waals surface area contributed by atoms with Crippen LogP contribution in [0.1, 0.15) is 25.5 Å². The molecule has 2 rings (SSSR count). The summed E-state index contributed by atoms with van der Waals surface area (Å²) in [5, 5.41) is 12.0. The van der Waals surface area contributed by atoms with Gasteiger partial charge in [-0.25, -0.2) is 4.98 Å². The maximum atomic E-state index is 11.0. The van der Waals surface area contributed by atoms with Crippen molar-refractivity contribution in [3.8, 4) is 11.5 Å². The van der Waals surface area contributed by atoms with Gasteiger partial charge in [0.15, 0.2) is 0 Å². The van der Waals surface area contributed by atoms with Crippen molar-refractivity contribution in [2.24, 2.45) is 0 Å². The number of aromatic nitrogens is 1. The number of nitrogens with zero attached hydrogens (tertiary/aromatic N) is 1. The van der Waals surface area contributed by atoms with Gasteiger partial charge in [-0.2, -0.15) is 0 Å². The SMILES string of the molecule is CCCC(NCc1coc(-c2ccccc2)n1)C(=O)O. The predicted octanol–water partition coefficient (Wildman–Crippen LogP) is 2.68. The topological polar surface area (TPSA) is 75.4 Å². The number of oxazole rings is 1. The molecule has 5 heteroatoms. The smallest absolute Gasteiger partial charge is 0.320 e. The average molecular weight is 274 g/mol. The molecule has 0 aliphatic heterocycles. The van der Waals surface area contributed by atoms with E-state index in [9.17, 15) is 4.79 Å². The maximum Gasteiger partial charge on any atom is 0.320 e. The molecule has 2 aromatic rings. The van der Waals surface area contributed by atoms with Gasteiger partial charge in [-0.1, -0.05) is 31.5 Å². The van der Waals surface area contributed by atoms with E-state index in [1.165, 1.54) is 0 Å². The van der Waals surface area contributed by atoms with Crippen molar-refractivity contribution in [3.63, 3.8) is 0 Å². The van der Waals surface area contributed by atoms with Crippen LogP contribution >= 0.6 is 0 Å². The third-order valence-corrected chi connectivity index (χ3v) is 2.98. The molecule has 0 aliphatic carbocycles. The van der Waals surface area contributed by atoms with Crippen molar-refractivity contribution in [3.05, 3.63) is 42.3 Å². The Morgan fingerprint density at radius 3 is 2.80 bits per heavy atom. The van der Waals surface area contributed by atoms with E-state index in [1.807, 2.05) is 37.3 Å². The monoisotopic (exact) mass is 274 g/mol. The van der Waals surface area contributed by atoms with Gasteiger partial charge in [-0.15, -0.1) is 0 Å². The maximum absolute atomic E-state index is 11.0. The summed E-state index contributed by atoms with van der Waals surface area (Å²) in [5.74, 6) is -0.289. The minimum Gasteiger partial charge on any atom is -0.480 e. The van der Waals surface area contributed by atoms with Crippen molar-refractivity contribution in [2.45, 2.75) is 32.4 Å². The van der Waals surface area contributed by atoms with Gasteiger partial charge in [0, 0.05) is 12.1 Å². The predicted molar refractivity (Wildman–Crippen MR) is 75.1 cm³/mol. The minimum atomic E-state index is -0.835. The van der Waals surface area contributed by atoms with E-state index < -0.39 is 12.0 Å². The van der Waals surface area contributed by atoms with E-state index in [4.69, 9.17) is 9.52 Å². The van der Waals surface area contributed by atoms with E-state index in [0.717, 1.165) is 12.0 Å². The molecule has 0 bridgehead atoms. The lowest BCUT2D eigenvalue weighted by atomic mass is 10.1. The average Bonchev–Trinajstić information content (AvgIpc) is 2.93. The Bertz CT molecular complexity index is 551. The standard InChI is InChI=1S/C15H18N2O3/c1-2-6-13(15(18)19)16-9-12-10-20-14(17-12)11-7-4-3-5-8-11/h3-5,7-8,10,13,16H,2,6,9H2,1H3,(H,18,19). The summed E-state index contributed by atoms with van der Waals surface area (Å²) < 4.78 is 5.40. The Morgan fingerprint density at radius 2 is 2.15 bits per heavy atom. The van der Waals surface area contributed by atoms with Crippen LogP contribution in [0.4, 0.5) is 0 Å². The van der Waals surface area contributed by atoms with E-state index in [2.05, 4.69) is 10.3 Å². The highest BCUT2D eigenvalue weighted by atomic mass is 16.4. The summed E-state index contributed by atoms with van der Waals surface area (Å²) in [6.45, 7) is 2.34. The zero-order valence-electron chi connectivity index (χ0n) is 11.4. The van der Waals surface area contributed by atoms with Crippen LogP contribution in [0.5, 0.6) is 0 Å². The number of hydrogen-bond donors (Lipinski definition) is 2. The van der Waals surface area contributed by atoms with E-state index in [1.54, 1.807) is 6.26 Å². The number of aliphatic carboxylic acids is 1. The van der Waals surface area contributed by atoms with Gasteiger partial charge in [0.1, 0.15) is 12.3 Å². The zero-order chi connectivity index (χ0) is 14.4. The number of rotatable bonds is 7. The number of carbonyl (C=O) groups is 1. The van der Waals surface area contributed by atoms with Crippen LogP contribution in [0.2, 0.25) is 0 Å². The Balaban J connectivity index is 1.98. The lowest BCUT2D eigenvalue weighted by Crippen LogP contribution is -2.36. The number of hydrogen-bond acceptors (Lipinski definition) is 4. The molecule has 1 heterocycles. The first-order chi connectivity index (χ1) is 9.70. The molecule has 0 spiro atoms. The largest absolute Gasteiger partial charge is 0.480 e. The normalized spacial score (nSPS) is 12.2. The molecule has 2 N–H and O–H groups in total. The molecular formula is C15H18N2O3. The van der Waals surface area contributed by atoms with E-state index in [-0.39, 0.29) is 0 Å². The van der Waals surface area contributed by atoms with Crippen molar-refractivity contribution >= 4 is 5.97 Å². The lowest BCUT2D eigenvalue weighted by molar-refractivity contribution is -0.139.